The minimum absolute atomic E-state index is 0.149. The second kappa shape index (κ2) is 4.46. The standard InChI is InChI=1S/C10H7BrF2O/c1-6(14)2-3-7-4-8(12)5-9(13)10(7)11/h2-5H,1H3/b3-2+. The molecule has 0 spiro atoms. The average Bonchev–Trinajstić information content (AvgIpc) is 2.08. The lowest BCUT2D eigenvalue weighted by atomic mass is 10.2. The van der Waals surface area contributed by atoms with Gasteiger partial charge in [0.1, 0.15) is 11.6 Å². The van der Waals surface area contributed by atoms with E-state index in [2.05, 4.69) is 15.9 Å². The molecule has 14 heavy (non-hydrogen) atoms. The molecule has 4 heteroatoms. The van der Waals surface area contributed by atoms with Gasteiger partial charge in [-0.25, -0.2) is 8.78 Å². The van der Waals surface area contributed by atoms with Gasteiger partial charge in [0.25, 0.3) is 0 Å². The maximum atomic E-state index is 13.0. The van der Waals surface area contributed by atoms with Crippen molar-refractivity contribution in [1.29, 1.82) is 0 Å². The molecule has 0 heterocycles. The van der Waals surface area contributed by atoms with Crippen molar-refractivity contribution in [1.82, 2.24) is 0 Å². The summed E-state index contributed by atoms with van der Waals surface area (Å²) < 4.78 is 25.9. The van der Waals surface area contributed by atoms with E-state index in [9.17, 15) is 13.6 Å². The molecule has 0 amide bonds. The predicted octanol–water partition coefficient (Wildman–Crippen LogP) is 3.33. The Bertz CT molecular complexity index is 399. The largest absolute Gasteiger partial charge is 0.295 e. The van der Waals surface area contributed by atoms with Crippen LogP contribution >= 0.6 is 15.9 Å². The zero-order valence-electron chi connectivity index (χ0n) is 7.35. The third-order valence-electron chi connectivity index (χ3n) is 1.52. The highest BCUT2D eigenvalue weighted by atomic mass is 79.9. The highest BCUT2D eigenvalue weighted by Gasteiger charge is 2.06. The first-order valence-corrected chi connectivity index (χ1v) is 4.63. The highest BCUT2D eigenvalue weighted by molar-refractivity contribution is 9.10. The lowest BCUT2D eigenvalue weighted by Gasteiger charge is -2.00. The first kappa shape index (κ1) is 11.0. The number of rotatable bonds is 2. The van der Waals surface area contributed by atoms with E-state index in [0.717, 1.165) is 12.1 Å². The lowest BCUT2D eigenvalue weighted by Crippen LogP contribution is -1.87. The van der Waals surface area contributed by atoms with E-state index in [1.54, 1.807) is 0 Å². The second-order valence-corrected chi connectivity index (χ2v) is 3.53. The van der Waals surface area contributed by atoms with Crippen LogP contribution in [0.5, 0.6) is 0 Å². The van der Waals surface area contributed by atoms with E-state index in [1.807, 2.05) is 0 Å². The van der Waals surface area contributed by atoms with Crippen molar-refractivity contribution < 1.29 is 13.6 Å². The van der Waals surface area contributed by atoms with Crippen molar-refractivity contribution in [2.24, 2.45) is 0 Å². The van der Waals surface area contributed by atoms with Crippen LogP contribution in [0.4, 0.5) is 8.78 Å². The van der Waals surface area contributed by atoms with Crippen LogP contribution in [-0.4, -0.2) is 5.78 Å². The Morgan fingerprint density at radius 1 is 1.43 bits per heavy atom. The maximum absolute atomic E-state index is 13.0. The van der Waals surface area contributed by atoms with Crippen LogP contribution < -0.4 is 0 Å². The molecule has 1 aromatic carbocycles. The molecule has 0 fully saturated rings. The van der Waals surface area contributed by atoms with E-state index in [4.69, 9.17) is 0 Å². The van der Waals surface area contributed by atoms with E-state index in [1.165, 1.54) is 19.1 Å². The van der Waals surface area contributed by atoms with E-state index < -0.39 is 11.6 Å². The molecule has 0 radical (unpaired) electrons. The van der Waals surface area contributed by atoms with Gasteiger partial charge in [-0.2, -0.15) is 0 Å². The van der Waals surface area contributed by atoms with Gasteiger partial charge in [0.2, 0.25) is 0 Å². The topological polar surface area (TPSA) is 17.1 Å². The van der Waals surface area contributed by atoms with Crippen LogP contribution in [0.1, 0.15) is 12.5 Å². The fourth-order valence-corrected chi connectivity index (χ4v) is 1.27. The van der Waals surface area contributed by atoms with Crippen LogP contribution in [0.15, 0.2) is 22.7 Å². The minimum atomic E-state index is -0.687. The minimum Gasteiger partial charge on any atom is -0.295 e. The van der Waals surface area contributed by atoms with Gasteiger partial charge in [0.15, 0.2) is 5.78 Å². The SMILES string of the molecule is CC(=O)/C=C/c1cc(F)cc(F)c1Br. The molecular weight excluding hydrogens is 254 g/mol. The summed E-state index contributed by atoms with van der Waals surface area (Å²) >= 11 is 2.96. The zero-order valence-corrected chi connectivity index (χ0v) is 8.94. The van der Waals surface area contributed by atoms with Crippen molar-refractivity contribution in [3.05, 3.63) is 39.9 Å². The third kappa shape index (κ3) is 2.73. The van der Waals surface area contributed by atoms with Gasteiger partial charge in [0, 0.05) is 6.07 Å². The molecule has 74 valence electrons. The van der Waals surface area contributed by atoms with Crippen LogP contribution in [-0.2, 0) is 4.79 Å². The number of hydrogen-bond donors (Lipinski definition) is 0. The molecule has 1 rings (SSSR count). The molecule has 0 aliphatic heterocycles. The molecule has 0 N–H and O–H groups in total. The number of benzene rings is 1. The molecule has 0 saturated carbocycles. The average molecular weight is 261 g/mol. The second-order valence-electron chi connectivity index (χ2n) is 2.73. The first-order valence-electron chi connectivity index (χ1n) is 3.84. The van der Waals surface area contributed by atoms with Crippen LogP contribution in [0.2, 0.25) is 0 Å². The summed E-state index contributed by atoms with van der Waals surface area (Å²) in [6, 6.07) is 1.92. The Kier molecular flexibility index (Phi) is 3.52. The predicted molar refractivity (Wildman–Crippen MR) is 53.8 cm³/mol. The summed E-state index contributed by atoms with van der Waals surface area (Å²) in [5.74, 6) is -1.54. The molecule has 1 aromatic rings. The molecule has 0 saturated heterocycles. The van der Waals surface area contributed by atoms with Crippen LogP contribution in [0.25, 0.3) is 6.08 Å². The smallest absolute Gasteiger partial charge is 0.152 e. The third-order valence-corrected chi connectivity index (χ3v) is 2.36. The van der Waals surface area contributed by atoms with E-state index in [0.29, 0.717) is 5.56 Å². The quantitative estimate of drug-likeness (QED) is 0.589. The lowest BCUT2D eigenvalue weighted by molar-refractivity contribution is -0.112. The Labute approximate surface area is 88.6 Å². The van der Waals surface area contributed by atoms with Gasteiger partial charge in [-0.15, -0.1) is 0 Å². The molecule has 0 atom stereocenters. The Balaban J connectivity index is 3.14. The number of halogens is 3. The zero-order chi connectivity index (χ0) is 10.7. The Hall–Kier alpha value is -1.03. The Morgan fingerprint density at radius 3 is 2.64 bits per heavy atom. The number of ketones is 1. The van der Waals surface area contributed by atoms with Gasteiger partial charge >= 0.3 is 0 Å². The summed E-state index contributed by atoms with van der Waals surface area (Å²) in [6.45, 7) is 1.36. The van der Waals surface area contributed by atoms with Crippen molar-refractivity contribution >= 4 is 27.8 Å². The summed E-state index contributed by atoms with van der Waals surface area (Å²) in [5, 5.41) is 0. The summed E-state index contributed by atoms with van der Waals surface area (Å²) in [5.41, 5.74) is 0.303. The molecule has 1 nitrogen and oxygen atoms in total. The van der Waals surface area contributed by atoms with Gasteiger partial charge in [-0.1, -0.05) is 6.08 Å². The Morgan fingerprint density at radius 2 is 2.07 bits per heavy atom. The van der Waals surface area contributed by atoms with Crippen molar-refractivity contribution in [3.8, 4) is 0 Å². The van der Waals surface area contributed by atoms with Gasteiger partial charge in [-0.05, 0) is 40.6 Å². The molecule has 0 bridgehead atoms. The van der Waals surface area contributed by atoms with E-state index in [-0.39, 0.29) is 10.3 Å². The fraction of sp³-hybridized carbons (Fsp3) is 0.100. The molecule has 0 aromatic heterocycles. The summed E-state index contributed by atoms with van der Waals surface area (Å²) in [6.07, 6.45) is 2.61. The van der Waals surface area contributed by atoms with Crippen LogP contribution in [0, 0.1) is 11.6 Å². The normalized spacial score (nSPS) is 10.9. The summed E-state index contributed by atoms with van der Waals surface area (Å²) in [7, 11) is 0. The van der Waals surface area contributed by atoms with Crippen molar-refractivity contribution in [2.45, 2.75) is 6.92 Å². The van der Waals surface area contributed by atoms with Crippen molar-refractivity contribution in [3.63, 3.8) is 0 Å². The molecular formula is C10H7BrF2O. The van der Waals surface area contributed by atoms with Gasteiger partial charge in [0.05, 0.1) is 4.47 Å². The van der Waals surface area contributed by atoms with E-state index >= 15 is 0 Å². The first-order chi connectivity index (χ1) is 6.50. The van der Waals surface area contributed by atoms with Gasteiger partial charge < -0.3 is 0 Å². The number of allylic oxidation sites excluding steroid dienone is 1. The number of carbonyl (C=O) groups is 1. The maximum Gasteiger partial charge on any atom is 0.152 e. The monoisotopic (exact) mass is 260 g/mol. The fourth-order valence-electron chi connectivity index (χ4n) is 0.904. The number of hydrogen-bond acceptors (Lipinski definition) is 1. The number of carbonyl (C=O) groups excluding carboxylic acids is 1. The molecule has 0 aliphatic rings. The molecule has 0 unspecified atom stereocenters. The highest BCUT2D eigenvalue weighted by Crippen LogP contribution is 2.23. The van der Waals surface area contributed by atoms with Crippen molar-refractivity contribution in [2.75, 3.05) is 0 Å². The van der Waals surface area contributed by atoms with Gasteiger partial charge in [-0.3, -0.25) is 4.79 Å². The summed E-state index contributed by atoms with van der Waals surface area (Å²) in [4.78, 5) is 10.6. The molecule has 0 aliphatic carbocycles. The van der Waals surface area contributed by atoms with Crippen LogP contribution in [0.3, 0.4) is 0 Å².